The summed E-state index contributed by atoms with van der Waals surface area (Å²) in [4.78, 5) is 11.7. The van der Waals surface area contributed by atoms with Crippen LogP contribution >= 0.6 is 0 Å². The monoisotopic (exact) mass is 194 g/mol. The standard InChI is InChI=1S/C12H18O2/c1-8-9-6-4-5-7-10(9)11(13)14-12(8,2)3/h7-9H,4-6H2,1-3H3. The molecule has 2 unspecified atom stereocenters. The average Bonchev–Trinajstić information content (AvgIpc) is 2.14. The molecule has 0 saturated carbocycles. The molecule has 2 heteroatoms. The normalized spacial score (nSPS) is 35.6. The second-order valence-corrected chi connectivity index (χ2v) is 4.98. The molecule has 0 aromatic rings. The van der Waals surface area contributed by atoms with Crippen LogP contribution in [-0.4, -0.2) is 11.6 Å². The van der Waals surface area contributed by atoms with E-state index in [1.807, 2.05) is 13.8 Å². The van der Waals surface area contributed by atoms with Crippen molar-refractivity contribution in [3.63, 3.8) is 0 Å². The van der Waals surface area contributed by atoms with Crippen LogP contribution in [0.2, 0.25) is 0 Å². The molecule has 0 bridgehead atoms. The molecule has 1 aliphatic carbocycles. The van der Waals surface area contributed by atoms with Crippen molar-refractivity contribution < 1.29 is 9.53 Å². The van der Waals surface area contributed by atoms with Crippen molar-refractivity contribution in [1.82, 2.24) is 0 Å². The third-order valence-electron chi connectivity index (χ3n) is 3.77. The van der Waals surface area contributed by atoms with Crippen LogP contribution in [-0.2, 0) is 9.53 Å². The van der Waals surface area contributed by atoms with E-state index in [2.05, 4.69) is 13.0 Å². The summed E-state index contributed by atoms with van der Waals surface area (Å²) in [6.45, 7) is 6.22. The van der Waals surface area contributed by atoms with E-state index in [-0.39, 0.29) is 11.6 Å². The summed E-state index contributed by atoms with van der Waals surface area (Å²) < 4.78 is 5.45. The predicted molar refractivity (Wildman–Crippen MR) is 54.8 cm³/mol. The van der Waals surface area contributed by atoms with Crippen molar-refractivity contribution in [3.8, 4) is 0 Å². The molecule has 1 heterocycles. The number of ether oxygens (including phenoxy) is 1. The van der Waals surface area contributed by atoms with Crippen LogP contribution in [0.3, 0.4) is 0 Å². The summed E-state index contributed by atoms with van der Waals surface area (Å²) in [5, 5.41) is 0. The van der Waals surface area contributed by atoms with Crippen molar-refractivity contribution in [3.05, 3.63) is 11.6 Å². The van der Waals surface area contributed by atoms with E-state index in [0.717, 1.165) is 18.4 Å². The lowest BCUT2D eigenvalue weighted by molar-refractivity contribution is -0.166. The van der Waals surface area contributed by atoms with Crippen molar-refractivity contribution in [2.75, 3.05) is 0 Å². The fourth-order valence-electron chi connectivity index (χ4n) is 2.53. The molecule has 0 radical (unpaired) electrons. The van der Waals surface area contributed by atoms with Crippen LogP contribution in [0.1, 0.15) is 40.0 Å². The van der Waals surface area contributed by atoms with E-state index in [1.165, 1.54) is 6.42 Å². The van der Waals surface area contributed by atoms with Gasteiger partial charge in [0.1, 0.15) is 5.60 Å². The minimum atomic E-state index is -0.295. The van der Waals surface area contributed by atoms with E-state index in [9.17, 15) is 4.79 Å². The smallest absolute Gasteiger partial charge is 0.334 e. The number of cyclic esters (lactones) is 1. The van der Waals surface area contributed by atoms with Gasteiger partial charge in [-0.1, -0.05) is 13.0 Å². The molecule has 2 atom stereocenters. The first-order chi connectivity index (χ1) is 6.52. The van der Waals surface area contributed by atoms with Gasteiger partial charge >= 0.3 is 5.97 Å². The summed E-state index contributed by atoms with van der Waals surface area (Å²) in [6.07, 6.45) is 5.46. The van der Waals surface area contributed by atoms with Crippen LogP contribution in [0.4, 0.5) is 0 Å². The zero-order valence-electron chi connectivity index (χ0n) is 9.17. The Morgan fingerprint density at radius 2 is 2.21 bits per heavy atom. The summed E-state index contributed by atoms with van der Waals surface area (Å²) in [6, 6.07) is 0. The van der Waals surface area contributed by atoms with E-state index in [1.54, 1.807) is 0 Å². The van der Waals surface area contributed by atoms with Gasteiger partial charge in [-0.25, -0.2) is 4.79 Å². The second kappa shape index (κ2) is 3.11. The number of allylic oxidation sites excluding steroid dienone is 1. The highest BCUT2D eigenvalue weighted by atomic mass is 16.6. The molecule has 1 saturated heterocycles. The predicted octanol–water partition coefficient (Wildman–Crippen LogP) is 2.68. The Morgan fingerprint density at radius 3 is 2.93 bits per heavy atom. The van der Waals surface area contributed by atoms with Crippen LogP contribution in [0.5, 0.6) is 0 Å². The maximum Gasteiger partial charge on any atom is 0.334 e. The quantitative estimate of drug-likeness (QED) is 0.554. The Bertz CT molecular complexity index is 289. The van der Waals surface area contributed by atoms with Crippen LogP contribution in [0.25, 0.3) is 0 Å². The zero-order valence-corrected chi connectivity index (χ0v) is 9.17. The Morgan fingerprint density at radius 1 is 1.50 bits per heavy atom. The van der Waals surface area contributed by atoms with Gasteiger partial charge in [0, 0.05) is 11.5 Å². The first-order valence-corrected chi connectivity index (χ1v) is 5.46. The number of hydrogen-bond donors (Lipinski definition) is 0. The van der Waals surface area contributed by atoms with E-state index in [4.69, 9.17) is 4.74 Å². The lowest BCUT2D eigenvalue weighted by Gasteiger charge is -2.43. The Hall–Kier alpha value is -0.790. The van der Waals surface area contributed by atoms with Gasteiger partial charge in [-0.3, -0.25) is 0 Å². The molecule has 0 N–H and O–H groups in total. The number of carbonyl (C=O) groups excluding carboxylic acids is 1. The topological polar surface area (TPSA) is 26.3 Å². The van der Waals surface area contributed by atoms with Crippen molar-refractivity contribution >= 4 is 5.97 Å². The van der Waals surface area contributed by atoms with Crippen LogP contribution in [0.15, 0.2) is 11.6 Å². The molecule has 0 spiro atoms. The second-order valence-electron chi connectivity index (χ2n) is 4.98. The van der Waals surface area contributed by atoms with E-state index >= 15 is 0 Å². The molecule has 2 aliphatic rings. The number of fused-ring (bicyclic) bond motifs is 1. The number of esters is 1. The van der Waals surface area contributed by atoms with E-state index < -0.39 is 0 Å². The molecule has 1 aliphatic heterocycles. The summed E-state index contributed by atoms with van der Waals surface area (Å²) >= 11 is 0. The highest BCUT2D eigenvalue weighted by Crippen LogP contribution is 2.42. The van der Waals surface area contributed by atoms with Crippen molar-refractivity contribution in [1.29, 1.82) is 0 Å². The third kappa shape index (κ3) is 1.37. The van der Waals surface area contributed by atoms with E-state index in [0.29, 0.717) is 11.8 Å². The molecule has 78 valence electrons. The Labute approximate surface area is 85.3 Å². The first-order valence-electron chi connectivity index (χ1n) is 5.46. The fourth-order valence-corrected chi connectivity index (χ4v) is 2.53. The summed E-state index contributed by atoms with van der Waals surface area (Å²) in [7, 11) is 0. The van der Waals surface area contributed by atoms with Crippen LogP contribution < -0.4 is 0 Å². The fraction of sp³-hybridized carbons (Fsp3) is 0.750. The molecule has 2 nitrogen and oxygen atoms in total. The maximum atomic E-state index is 11.7. The molecule has 14 heavy (non-hydrogen) atoms. The molecule has 0 amide bonds. The van der Waals surface area contributed by atoms with Gasteiger partial charge in [0.05, 0.1) is 0 Å². The van der Waals surface area contributed by atoms with Gasteiger partial charge < -0.3 is 4.74 Å². The van der Waals surface area contributed by atoms with Gasteiger partial charge in [0.15, 0.2) is 0 Å². The lowest BCUT2D eigenvalue weighted by Crippen LogP contribution is -2.46. The number of rotatable bonds is 0. The lowest BCUT2D eigenvalue weighted by atomic mass is 9.71. The van der Waals surface area contributed by atoms with Gasteiger partial charge in [0.2, 0.25) is 0 Å². The summed E-state index contributed by atoms with van der Waals surface area (Å²) in [5.74, 6) is 0.782. The molecule has 0 aromatic carbocycles. The van der Waals surface area contributed by atoms with Gasteiger partial charge in [-0.15, -0.1) is 0 Å². The molecular weight excluding hydrogens is 176 g/mol. The SMILES string of the molecule is CC1C2CCCC=C2C(=O)OC1(C)C. The summed E-state index contributed by atoms with van der Waals surface area (Å²) in [5.41, 5.74) is 0.638. The third-order valence-corrected chi connectivity index (χ3v) is 3.77. The molecule has 1 fully saturated rings. The van der Waals surface area contributed by atoms with Crippen LogP contribution in [0, 0.1) is 11.8 Å². The van der Waals surface area contributed by atoms with Crippen molar-refractivity contribution in [2.24, 2.45) is 11.8 Å². The highest BCUT2D eigenvalue weighted by molar-refractivity contribution is 5.90. The number of hydrogen-bond acceptors (Lipinski definition) is 2. The largest absolute Gasteiger partial charge is 0.456 e. The minimum absolute atomic E-state index is 0.0854. The average molecular weight is 194 g/mol. The highest BCUT2D eigenvalue weighted by Gasteiger charge is 2.44. The molecular formula is C12H18O2. The molecule has 0 aromatic heterocycles. The zero-order chi connectivity index (χ0) is 10.3. The maximum absolute atomic E-state index is 11.7. The Balaban J connectivity index is 2.33. The molecule has 2 rings (SSSR count). The van der Waals surface area contributed by atoms with Gasteiger partial charge in [0.25, 0.3) is 0 Å². The Kier molecular flexibility index (Phi) is 2.17. The minimum Gasteiger partial charge on any atom is -0.456 e. The number of carbonyl (C=O) groups is 1. The van der Waals surface area contributed by atoms with Gasteiger partial charge in [-0.05, 0) is 39.0 Å². The van der Waals surface area contributed by atoms with Gasteiger partial charge in [-0.2, -0.15) is 0 Å². The first kappa shape index (κ1) is 9.75. The van der Waals surface area contributed by atoms with Crippen molar-refractivity contribution in [2.45, 2.75) is 45.6 Å².